The molecular weight excluding hydrogens is 194 g/mol. The monoisotopic (exact) mass is 201 g/mol. The predicted molar refractivity (Wildman–Crippen MR) is 56.7 cm³/mol. The standard InChI is InChI=1S/C10H7N3S/c11-6-7-3-4-8(13-10(7)12)9-2-1-5-14-9/h1-5H,(H2,12,13). The molecule has 0 spiro atoms. The Morgan fingerprint density at radius 2 is 2.21 bits per heavy atom. The summed E-state index contributed by atoms with van der Waals surface area (Å²) in [7, 11) is 0. The van der Waals surface area contributed by atoms with Gasteiger partial charge in [0, 0.05) is 0 Å². The molecule has 2 N–H and O–H groups in total. The third kappa shape index (κ3) is 1.45. The van der Waals surface area contributed by atoms with Crippen LogP contribution in [0.5, 0.6) is 0 Å². The molecule has 0 fully saturated rings. The average molecular weight is 201 g/mol. The first-order valence-corrected chi connectivity index (χ1v) is 4.90. The normalized spacial score (nSPS) is 9.64. The van der Waals surface area contributed by atoms with E-state index in [1.807, 2.05) is 23.6 Å². The second kappa shape index (κ2) is 3.48. The minimum atomic E-state index is 0.290. The Balaban J connectivity index is 2.49. The Hall–Kier alpha value is -1.86. The maximum Gasteiger partial charge on any atom is 0.142 e. The van der Waals surface area contributed by atoms with Crippen LogP contribution in [0.4, 0.5) is 5.82 Å². The summed E-state index contributed by atoms with van der Waals surface area (Å²) >= 11 is 1.60. The van der Waals surface area contributed by atoms with Crippen LogP contribution in [0.1, 0.15) is 5.56 Å². The van der Waals surface area contributed by atoms with Crippen molar-refractivity contribution in [3.63, 3.8) is 0 Å². The van der Waals surface area contributed by atoms with Crippen molar-refractivity contribution < 1.29 is 0 Å². The third-order valence-corrected chi connectivity index (χ3v) is 2.71. The Labute approximate surface area is 85.4 Å². The number of nitrogens with two attached hydrogens (primary N) is 1. The van der Waals surface area contributed by atoms with Gasteiger partial charge in [-0.15, -0.1) is 11.3 Å². The van der Waals surface area contributed by atoms with Gasteiger partial charge in [-0.05, 0) is 23.6 Å². The number of thiophene rings is 1. The van der Waals surface area contributed by atoms with E-state index in [4.69, 9.17) is 11.0 Å². The lowest BCUT2D eigenvalue weighted by molar-refractivity contribution is 1.32. The highest BCUT2D eigenvalue weighted by molar-refractivity contribution is 7.13. The van der Waals surface area contributed by atoms with Gasteiger partial charge >= 0.3 is 0 Å². The minimum Gasteiger partial charge on any atom is -0.383 e. The first-order chi connectivity index (χ1) is 6.81. The van der Waals surface area contributed by atoms with E-state index >= 15 is 0 Å². The number of hydrogen-bond acceptors (Lipinski definition) is 4. The zero-order chi connectivity index (χ0) is 9.97. The molecule has 2 rings (SSSR count). The van der Waals surface area contributed by atoms with Crippen LogP contribution in [0, 0.1) is 11.3 Å². The highest BCUT2D eigenvalue weighted by Gasteiger charge is 2.04. The fourth-order valence-corrected chi connectivity index (χ4v) is 1.83. The van der Waals surface area contributed by atoms with Crippen LogP contribution < -0.4 is 5.73 Å². The van der Waals surface area contributed by atoms with E-state index in [2.05, 4.69) is 4.98 Å². The Morgan fingerprint density at radius 3 is 2.79 bits per heavy atom. The van der Waals surface area contributed by atoms with Gasteiger partial charge in [0.25, 0.3) is 0 Å². The number of pyridine rings is 1. The summed E-state index contributed by atoms with van der Waals surface area (Å²) in [5, 5.41) is 10.7. The molecule has 2 heterocycles. The molecule has 0 saturated heterocycles. The zero-order valence-electron chi connectivity index (χ0n) is 7.27. The molecular formula is C10H7N3S. The molecule has 0 aliphatic carbocycles. The van der Waals surface area contributed by atoms with E-state index in [1.54, 1.807) is 23.5 Å². The molecule has 0 aliphatic rings. The number of anilines is 1. The van der Waals surface area contributed by atoms with Crippen LogP contribution in [0.25, 0.3) is 10.6 Å². The number of nitrogen functional groups attached to an aromatic ring is 1. The van der Waals surface area contributed by atoms with Crippen LogP contribution in [-0.2, 0) is 0 Å². The van der Waals surface area contributed by atoms with Gasteiger partial charge in [0.05, 0.1) is 16.1 Å². The quantitative estimate of drug-likeness (QED) is 0.769. The molecule has 0 unspecified atom stereocenters. The van der Waals surface area contributed by atoms with E-state index in [1.165, 1.54) is 0 Å². The zero-order valence-corrected chi connectivity index (χ0v) is 8.08. The molecule has 4 heteroatoms. The van der Waals surface area contributed by atoms with Crippen LogP contribution in [0.3, 0.4) is 0 Å². The fourth-order valence-electron chi connectivity index (χ4n) is 1.13. The van der Waals surface area contributed by atoms with Crippen LogP contribution in [0.2, 0.25) is 0 Å². The number of nitriles is 1. The lowest BCUT2D eigenvalue weighted by Crippen LogP contribution is -1.95. The van der Waals surface area contributed by atoms with Crippen molar-refractivity contribution in [2.45, 2.75) is 0 Å². The van der Waals surface area contributed by atoms with Gasteiger partial charge in [-0.3, -0.25) is 0 Å². The van der Waals surface area contributed by atoms with Gasteiger partial charge in [0.1, 0.15) is 11.9 Å². The molecule has 0 radical (unpaired) electrons. The average Bonchev–Trinajstić information content (AvgIpc) is 2.70. The van der Waals surface area contributed by atoms with Crippen LogP contribution >= 0.6 is 11.3 Å². The fraction of sp³-hybridized carbons (Fsp3) is 0. The highest BCUT2D eigenvalue weighted by atomic mass is 32.1. The van der Waals surface area contributed by atoms with Gasteiger partial charge in [-0.25, -0.2) is 4.98 Å². The van der Waals surface area contributed by atoms with Gasteiger partial charge in [0.2, 0.25) is 0 Å². The molecule has 0 amide bonds. The molecule has 14 heavy (non-hydrogen) atoms. The van der Waals surface area contributed by atoms with Crippen molar-refractivity contribution in [2.24, 2.45) is 0 Å². The molecule has 68 valence electrons. The van der Waals surface area contributed by atoms with E-state index in [0.29, 0.717) is 11.4 Å². The summed E-state index contributed by atoms with van der Waals surface area (Å²) in [6.07, 6.45) is 0. The summed E-state index contributed by atoms with van der Waals surface area (Å²) in [6.45, 7) is 0. The van der Waals surface area contributed by atoms with Gasteiger partial charge in [-0.2, -0.15) is 5.26 Å². The molecule has 0 aliphatic heterocycles. The summed E-state index contributed by atoms with van der Waals surface area (Å²) in [5.41, 5.74) is 6.85. The first kappa shape index (κ1) is 8.73. The van der Waals surface area contributed by atoms with E-state index < -0.39 is 0 Å². The highest BCUT2D eigenvalue weighted by Crippen LogP contribution is 2.24. The summed E-state index contributed by atoms with van der Waals surface area (Å²) in [6, 6.07) is 9.41. The number of nitrogens with zero attached hydrogens (tertiary/aromatic N) is 2. The van der Waals surface area contributed by atoms with Crippen molar-refractivity contribution in [1.29, 1.82) is 5.26 Å². The Kier molecular flexibility index (Phi) is 2.17. The van der Waals surface area contributed by atoms with E-state index in [0.717, 1.165) is 10.6 Å². The van der Waals surface area contributed by atoms with Crippen LogP contribution in [0.15, 0.2) is 29.6 Å². The maximum absolute atomic E-state index is 8.67. The summed E-state index contributed by atoms with van der Waals surface area (Å²) in [5.74, 6) is 0.290. The van der Waals surface area contributed by atoms with Crippen molar-refractivity contribution in [2.75, 3.05) is 5.73 Å². The number of rotatable bonds is 1. The largest absolute Gasteiger partial charge is 0.383 e. The molecule has 3 nitrogen and oxygen atoms in total. The van der Waals surface area contributed by atoms with E-state index in [9.17, 15) is 0 Å². The molecule has 0 aromatic carbocycles. The molecule has 2 aromatic rings. The maximum atomic E-state index is 8.67. The third-order valence-electron chi connectivity index (χ3n) is 1.82. The van der Waals surface area contributed by atoms with Gasteiger partial charge in [-0.1, -0.05) is 6.07 Å². The Bertz CT molecular complexity index is 483. The van der Waals surface area contributed by atoms with Gasteiger partial charge < -0.3 is 5.73 Å². The molecule has 0 saturated carbocycles. The van der Waals surface area contributed by atoms with Crippen molar-refractivity contribution in [3.8, 4) is 16.6 Å². The SMILES string of the molecule is N#Cc1ccc(-c2cccs2)nc1N. The number of hydrogen-bond donors (Lipinski definition) is 1. The minimum absolute atomic E-state index is 0.290. The van der Waals surface area contributed by atoms with Crippen molar-refractivity contribution in [1.82, 2.24) is 4.98 Å². The number of aromatic nitrogens is 1. The van der Waals surface area contributed by atoms with E-state index in [-0.39, 0.29) is 0 Å². The topological polar surface area (TPSA) is 62.7 Å². The summed E-state index contributed by atoms with van der Waals surface area (Å²) < 4.78 is 0. The second-order valence-corrected chi connectivity index (χ2v) is 3.67. The smallest absolute Gasteiger partial charge is 0.142 e. The lowest BCUT2D eigenvalue weighted by Gasteiger charge is -1.99. The molecule has 0 atom stereocenters. The van der Waals surface area contributed by atoms with Crippen LogP contribution in [-0.4, -0.2) is 4.98 Å². The molecule has 0 bridgehead atoms. The first-order valence-electron chi connectivity index (χ1n) is 4.02. The van der Waals surface area contributed by atoms with Crippen molar-refractivity contribution in [3.05, 3.63) is 35.2 Å². The Morgan fingerprint density at radius 1 is 1.36 bits per heavy atom. The summed E-state index contributed by atoms with van der Waals surface area (Å²) in [4.78, 5) is 5.21. The van der Waals surface area contributed by atoms with Gasteiger partial charge in [0.15, 0.2) is 0 Å². The molecule has 2 aromatic heterocycles. The predicted octanol–water partition coefficient (Wildman–Crippen LogP) is 2.26. The lowest BCUT2D eigenvalue weighted by atomic mass is 10.2. The second-order valence-electron chi connectivity index (χ2n) is 2.72. The van der Waals surface area contributed by atoms with Crippen molar-refractivity contribution >= 4 is 17.2 Å².